The number of carboxylic acid groups (broad SMARTS) is 1. The van der Waals surface area contributed by atoms with Crippen LogP contribution in [0, 0.1) is 5.41 Å². The Kier molecular flexibility index (Phi) is 15.6. The van der Waals surface area contributed by atoms with Gasteiger partial charge in [0.15, 0.2) is 8.32 Å². The summed E-state index contributed by atoms with van der Waals surface area (Å²) in [6, 6.07) is 4.37. The highest BCUT2D eigenvalue weighted by atomic mass is 28.4. The smallest absolute Gasteiger partial charge is 0.407 e. The monoisotopic (exact) mass is 557 g/mol. The van der Waals surface area contributed by atoms with Gasteiger partial charge in [-0.2, -0.15) is 0 Å². The highest BCUT2D eigenvalue weighted by molar-refractivity contribution is 6.74. The Labute approximate surface area is 228 Å². The van der Waals surface area contributed by atoms with Gasteiger partial charge in [0.05, 0.1) is 18.8 Å². The summed E-state index contributed by atoms with van der Waals surface area (Å²) in [5.74, 6) is 0. The first kappa shape index (κ1) is 35.0. The number of hydrogen-bond acceptors (Lipinski definition) is 5. The first-order valence-corrected chi connectivity index (χ1v) is 17.8. The lowest BCUT2D eigenvalue weighted by Gasteiger charge is -2.39. The van der Waals surface area contributed by atoms with E-state index >= 15 is 0 Å². The van der Waals surface area contributed by atoms with Gasteiger partial charge >= 0.3 is 6.09 Å². The maximum atomic E-state index is 11.9. The molecule has 7 nitrogen and oxygen atoms in total. The number of hydrogen-bond donors (Lipinski definition) is 1. The Bertz CT molecular complexity index is 764. The average molecular weight is 558 g/mol. The highest BCUT2D eigenvalue weighted by Crippen LogP contribution is 2.37. The standard InChI is InChI=1S/C26H49N3O3Si.H6OSi2/c1-11-28(12-2)23(25(3,4)5)14-13-17-29(24(30)31)19-22-18-21(15-16-27-22)20-32-33(9,10)26(6,7)8;2-1-3/h15-16,18,23H,11-14,17,19-20H2,1-10H3,(H,30,31);2-3H3. The van der Waals surface area contributed by atoms with Crippen LogP contribution in [0.25, 0.3) is 0 Å². The van der Waals surface area contributed by atoms with Crippen LogP contribution >= 0.6 is 0 Å². The summed E-state index contributed by atoms with van der Waals surface area (Å²) in [6.45, 7) is 25.7. The minimum Gasteiger partial charge on any atom is -0.471 e. The number of amides is 1. The summed E-state index contributed by atoms with van der Waals surface area (Å²) in [7, 11) is 0.0174. The quantitative estimate of drug-likeness (QED) is 0.389. The van der Waals surface area contributed by atoms with Crippen LogP contribution in [-0.4, -0.2) is 80.9 Å². The Morgan fingerprint density at radius 2 is 1.69 bits per heavy atom. The molecule has 36 heavy (non-hydrogen) atoms. The maximum Gasteiger partial charge on any atom is 0.407 e. The van der Waals surface area contributed by atoms with Crippen molar-refractivity contribution >= 4 is 35.4 Å². The third kappa shape index (κ3) is 12.5. The predicted molar refractivity (Wildman–Crippen MR) is 161 cm³/mol. The van der Waals surface area contributed by atoms with E-state index in [1.165, 1.54) is 4.90 Å². The van der Waals surface area contributed by atoms with Gasteiger partial charge < -0.3 is 23.4 Å². The van der Waals surface area contributed by atoms with E-state index < -0.39 is 14.4 Å². The highest BCUT2D eigenvalue weighted by Gasteiger charge is 2.37. The Morgan fingerprint density at radius 3 is 2.14 bits per heavy atom. The molecule has 0 bridgehead atoms. The van der Waals surface area contributed by atoms with Crippen LogP contribution in [0.1, 0.15) is 79.5 Å². The van der Waals surface area contributed by atoms with Crippen LogP contribution in [0.15, 0.2) is 18.3 Å². The zero-order valence-electron chi connectivity index (χ0n) is 25.3. The molecule has 1 aromatic rings. The molecule has 1 rings (SSSR count). The van der Waals surface area contributed by atoms with Crippen molar-refractivity contribution in [3.05, 3.63) is 29.6 Å². The summed E-state index contributed by atoms with van der Waals surface area (Å²) in [6.07, 6.45) is 2.67. The fourth-order valence-corrected chi connectivity index (χ4v) is 4.89. The molecule has 1 aromatic heterocycles. The second-order valence-electron chi connectivity index (χ2n) is 12.1. The molecule has 1 atom stereocenters. The van der Waals surface area contributed by atoms with Crippen LogP contribution in [0.2, 0.25) is 18.1 Å². The first-order chi connectivity index (χ1) is 16.5. The van der Waals surface area contributed by atoms with Crippen molar-refractivity contribution in [1.29, 1.82) is 0 Å². The second kappa shape index (κ2) is 16.0. The maximum absolute atomic E-state index is 11.9. The van der Waals surface area contributed by atoms with E-state index in [0.717, 1.165) is 58.2 Å². The fraction of sp³-hybridized carbons (Fsp3) is 0.769. The van der Waals surface area contributed by atoms with Gasteiger partial charge in [0.2, 0.25) is 0 Å². The molecular weight excluding hydrogens is 503 g/mol. The largest absolute Gasteiger partial charge is 0.471 e. The third-order valence-corrected chi connectivity index (χ3v) is 11.5. The minimum absolute atomic E-state index is 0.152. The van der Waals surface area contributed by atoms with Gasteiger partial charge in [-0.1, -0.05) is 55.4 Å². The topological polar surface area (TPSA) is 75.1 Å². The molecule has 1 N–H and O–H groups in total. The lowest BCUT2D eigenvalue weighted by atomic mass is 9.82. The second-order valence-corrected chi connectivity index (χ2v) is 20.1. The zero-order chi connectivity index (χ0) is 28.2. The van der Waals surface area contributed by atoms with Gasteiger partial charge in [0.1, 0.15) is 21.0 Å². The van der Waals surface area contributed by atoms with Crippen molar-refractivity contribution in [2.24, 2.45) is 5.41 Å². The van der Waals surface area contributed by atoms with Gasteiger partial charge in [-0.25, -0.2) is 4.79 Å². The van der Waals surface area contributed by atoms with Crippen molar-refractivity contribution in [2.45, 2.75) is 106 Å². The van der Waals surface area contributed by atoms with Gasteiger partial charge in [-0.05, 0) is 67.2 Å². The van der Waals surface area contributed by atoms with E-state index in [4.69, 9.17) is 4.43 Å². The van der Waals surface area contributed by atoms with Crippen molar-refractivity contribution < 1.29 is 18.4 Å². The molecule has 10 heteroatoms. The summed E-state index contributed by atoms with van der Waals surface area (Å²) < 4.78 is 10.9. The molecule has 0 fully saturated rings. The van der Waals surface area contributed by atoms with Crippen LogP contribution in [-0.2, 0) is 21.7 Å². The molecule has 210 valence electrons. The van der Waals surface area contributed by atoms with E-state index in [9.17, 15) is 9.90 Å². The number of nitrogens with zero attached hydrogens (tertiary/aromatic N) is 3. The lowest BCUT2D eigenvalue weighted by Crippen LogP contribution is -2.44. The Morgan fingerprint density at radius 1 is 1.14 bits per heavy atom. The van der Waals surface area contributed by atoms with Crippen molar-refractivity contribution in [3.8, 4) is 0 Å². The van der Waals surface area contributed by atoms with Gasteiger partial charge in [-0.3, -0.25) is 4.98 Å². The molecule has 0 spiro atoms. The van der Waals surface area contributed by atoms with E-state index in [0.29, 0.717) is 25.7 Å². The number of aromatic nitrogens is 1. The molecule has 1 heterocycles. The summed E-state index contributed by atoms with van der Waals surface area (Å²) in [5, 5.41) is 9.95. The normalized spacial score (nSPS) is 13.4. The minimum atomic E-state index is -1.84. The summed E-state index contributed by atoms with van der Waals surface area (Å²) in [4.78, 5) is 20.4. The van der Waals surface area contributed by atoms with Crippen LogP contribution in [0.3, 0.4) is 0 Å². The van der Waals surface area contributed by atoms with Crippen LogP contribution < -0.4 is 0 Å². The number of carbonyl (C=O) groups is 1. The van der Waals surface area contributed by atoms with E-state index in [1.54, 1.807) is 6.20 Å². The summed E-state index contributed by atoms with van der Waals surface area (Å²) in [5.41, 5.74) is 1.97. The average Bonchev–Trinajstić information content (AvgIpc) is 2.76. The van der Waals surface area contributed by atoms with E-state index in [2.05, 4.69) is 82.5 Å². The predicted octanol–water partition coefficient (Wildman–Crippen LogP) is 4.18. The van der Waals surface area contributed by atoms with Gasteiger partial charge in [0, 0.05) is 18.8 Å². The molecule has 0 aromatic carbocycles. The molecular formula is C26H55N3O4Si3. The molecule has 0 radical (unpaired) electrons. The van der Waals surface area contributed by atoms with Crippen molar-refractivity contribution in [1.82, 2.24) is 14.8 Å². The molecule has 1 amide bonds. The summed E-state index contributed by atoms with van der Waals surface area (Å²) >= 11 is 0. The van der Waals surface area contributed by atoms with E-state index in [-0.39, 0.29) is 10.5 Å². The first-order valence-electron chi connectivity index (χ1n) is 13.2. The van der Waals surface area contributed by atoms with Crippen LogP contribution in [0.5, 0.6) is 0 Å². The lowest BCUT2D eigenvalue weighted by molar-refractivity contribution is 0.0939. The van der Waals surface area contributed by atoms with Gasteiger partial charge in [0.25, 0.3) is 0 Å². The number of pyridine rings is 1. The third-order valence-electron chi connectivity index (χ3n) is 7.07. The zero-order valence-corrected chi connectivity index (χ0v) is 30.3. The van der Waals surface area contributed by atoms with E-state index in [1.807, 2.05) is 12.1 Å². The molecule has 0 aliphatic heterocycles. The van der Waals surface area contributed by atoms with Gasteiger partial charge in [-0.15, -0.1) is 0 Å². The Hall–Kier alpha value is -1.05. The SMILES string of the molecule is CCN(CC)C(CCCN(Cc1cc(CO[Si](C)(C)C(C)(C)C)ccn1)C(=O)O)C(C)(C)C.[SiH3]O[SiH3]. The molecule has 0 saturated heterocycles. The molecule has 1 unspecified atom stereocenters. The van der Waals surface area contributed by atoms with Crippen LogP contribution in [0.4, 0.5) is 4.79 Å². The van der Waals surface area contributed by atoms with Crippen molar-refractivity contribution in [2.75, 3.05) is 19.6 Å². The molecule has 0 saturated carbocycles. The van der Waals surface area contributed by atoms with Crippen molar-refractivity contribution in [3.63, 3.8) is 0 Å². The molecule has 0 aliphatic carbocycles. The number of rotatable bonds is 12. The molecule has 0 aliphatic rings. The fourth-order valence-electron chi connectivity index (χ4n) is 3.93. The Balaban J connectivity index is 0.00000387.